The number of para-hydroxylation sites is 1. The lowest BCUT2D eigenvalue weighted by atomic mass is 10.2. The number of halogens is 1. The molecule has 3 rings (SSSR count). The van der Waals surface area contributed by atoms with Crippen molar-refractivity contribution >= 4 is 24.4 Å². The molecule has 160 valence electrons. The number of hydrazine groups is 1. The standard InChI is InChI=1S/C20H24FN4O4P/c1-4-28-30(27,29-5-2)20(14-9-8-10-15(21)13-14)23-22-19(26)18-16-11-6-7-12-17(16)25(3)24-18/h6-13,20,23H,4-5H2,1-3H3,(H,22,26). The Morgan fingerprint density at radius 1 is 1.17 bits per heavy atom. The number of carbonyl (C=O) groups is 1. The van der Waals surface area contributed by atoms with Crippen LogP contribution in [-0.4, -0.2) is 28.9 Å². The first-order valence-electron chi connectivity index (χ1n) is 9.51. The molecule has 0 aliphatic rings. The van der Waals surface area contributed by atoms with Crippen LogP contribution in [0.5, 0.6) is 0 Å². The van der Waals surface area contributed by atoms with Crippen LogP contribution in [0.25, 0.3) is 10.9 Å². The van der Waals surface area contributed by atoms with Gasteiger partial charge in [0.1, 0.15) is 5.82 Å². The highest BCUT2D eigenvalue weighted by Crippen LogP contribution is 2.59. The molecule has 2 aromatic carbocycles. The van der Waals surface area contributed by atoms with E-state index >= 15 is 0 Å². The monoisotopic (exact) mass is 434 g/mol. The van der Waals surface area contributed by atoms with Crippen LogP contribution in [0.3, 0.4) is 0 Å². The van der Waals surface area contributed by atoms with Crippen molar-refractivity contribution in [1.82, 2.24) is 20.6 Å². The van der Waals surface area contributed by atoms with Gasteiger partial charge in [-0.05, 0) is 37.6 Å². The molecule has 0 bridgehead atoms. The fourth-order valence-electron chi connectivity index (χ4n) is 3.14. The van der Waals surface area contributed by atoms with Crippen LogP contribution in [0.4, 0.5) is 4.39 Å². The number of nitrogens with one attached hydrogen (secondary N) is 2. The van der Waals surface area contributed by atoms with Crippen LogP contribution < -0.4 is 10.9 Å². The van der Waals surface area contributed by atoms with Gasteiger partial charge in [0.05, 0.1) is 18.7 Å². The van der Waals surface area contributed by atoms with E-state index in [4.69, 9.17) is 9.05 Å². The summed E-state index contributed by atoms with van der Waals surface area (Å²) in [6.45, 7) is 3.58. The van der Waals surface area contributed by atoms with Crippen LogP contribution in [0, 0.1) is 5.82 Å². The van der Waals surface area contributed by atoms with Gasteiger partial charge in [0.2, 0.25) is 0 Å². The van der Waals surface area contributed by atoms with Gasteiger partial charge in [-0.15, -0.1) is 0 Å². The molecule has 10 heteroatoms. The predicted molar refractivity (Wildman–Crippen MR) is 111 cm³/mol. The van der Waals surface area contributed by atoms with Crippen molar-refractivity contribution in [2.24, 2.45) is 7.05 Å². The highest BCUT2D eigenvalue weighted by molar-refractivity contribution is 7.54. The third kappa shape index (κ3) is 4.60. The maximum Gasteiger partial charge on any atom is 0.353 e. The summed E-state index contributed by atoms with van der Waals surface area (Å²) in [6.07, 6.45) is 0. The Balaban J connectivity index is 1.91. The molecular weight excluding hydrogens is 410 g/mol. The maximum atomic E-state index is 13.8. The summed E-state index contributed by atoms with van der Waals surface area (Å²) >= 11 is 0. The molecule has 30 heavy (non-hydrogen) atoms. The number of benzene rings is 2. The number of aromatic nitrogens is 2. The molecule has 2 N–H and O–H groups in total. The van der Waals surface area contributed by atoms with E-state index in [0.717, 1.165) is 5.52 Å². The smallest absolute Gasteiger partial charge is 0.307 e. The highest BCUT2D eigenvalue weighted by Gasteiger charge is 2.37. The van der Waals surface area contributed by atoms with E-state index in [1.54, 1.807) is 37.7 Å². The molecule has 0 spiro atoms. The van der Waals surface area contributed by atoms with Crippen LogP contribution in [0.2, 0.25) is 0 Å². The second-order valence-corrected chi connectivity index (χ2v) is 8.53. The lowest BCUT2D eigenvalue weighted by Crippen LogP contribution is -2.40. The van der Waals surface area contributed by atoms with Gasteiger partial charge in [-0.25, -0.2) is 9.82 Å². The number of hydrogen-bond acceptors (Lipinski definition) is 6. The SMILES string of the molecule is CCOP(=O)(OCC)C(NNC(=O)c1nn(C)c2ccccc12)c1cccc(F)c1. The molecule has 0 aliphatic heterocycles. The van der Waals surface area contributed by atoms with Crippen molar-refractivity contribution in [2.75, 3.05) is 13.2 Å². The normalized spacial score (nSPS) is 12.8. The zero-order chi connectivity index (χ0) is 21.7. The van der Waals surface area contributed by atoms with E-state index in [0.29, 0.717) is 10.9 Å². The van der Waals surface area contributed by atoms with Crippen LogP contribution in [0.15, 0.2) is 48.5 Å². The molecule has 1 atom stereocenters. The molecule has 0 fully saturated rings. The average molecular weight is 434 g/mol. The van der Waals surface area contributed by atoms with E-state index < -0.39 is 25.1 Å². The summed E-state index contributed by atoms with van der Waals surface area (Å²) in [5, 5.41) is 4.93. The quantitative estimate of drug-likeness (QED) is 0.392. The first-order valence-corrected chi connectivity index (χ1v) is 11.1. The van der Waals surface area contributed by atoms with E-state index in [-0.39, 0.29) is 18.9 Å². The molecule has 1 heterocycles. The van der Waals surface area contributed by atoms with Crippen molar-refractivity contribution in [3.05, 3.63) is 65.6 Å². The van der Waals surface area contributed by atoms with Crippen molar-refractivity contribution in [3.63, 3.8) is 0 Å². The number of hydrogen-bond donors (Lipinski definition) is 2. The molecule has 1 amide bonds. The average Bonchev–Trinajstić information content (AvgIpc) is 3.05. The van der Waals surface area contributed by atoms with Gasteiger partial charge in [0, 0.05) is 12.4 Å². The number of nitrogens with zero attached hydrogens (tertiary/aromatic N) is 2. The van der Waals surface area contributed by atoms with E-state index in [1.807, 2.05) is 18.2 Å². The maximum absolute atomic E-state index is 13.8. The van der Waals surface area contributed by atoms with Gasteiger partial charge < -0.3 is 9.05 Å². The van der Waals surface area contributed by atoms with Gasteiger partial charge in [-0.1, -0.05) is 30.3 Å². The van der Waals surface area contributed by atoms with Crippen molar-refractivity contribution in [2.45, 2.75) is 19.6 Å². The molecule has 3 aromatic rings. The van der Waals surface area contributed by atoms with Gasteiger partial charge in [-0.2, -0.15) is 5.10 Å². The molecule has 8 nitrogen and oxygen atoms in total. The first-order chi connectivity index (χ1) is 14.4. The largest absolute Gasteiger partial charge is 0.353 e. The summed E-state index contributed by atoms with van der Waals surface area (Å²) < 4.78 is 39.6. The molecular formula is C20H24FN4O4P. The Morgan fingerprint density at radius 3 is 2.53 bits per heavy atom. The number of aryl methyl sites for hydroxylation is 1. The topological polar surface area (TPSA) is 94.5 Å². The van der Waals surface area contributed by atoms with Gasteiger partial charge in [0.15, 0.2) is 11.5 Å². The molecule has 0 aliphatic carbocycles. The summed E-state index contributed by atoms with van der Waals surface area (Å²) in [7, 11) is -2.04. The third-order valence-electron chi connectivity index (χ3n) is 4.39. The summed E-state index contributed by atoms with van der Waals surface area (Å²) in [5.74, 6) is -2.17. The van der Waals surface area contributed by atoms with E-state index in [1.165, 1.54) is 18.2 Å². The lowest BCUT2D eigenvalue weighted by Gasteiger charge is -2.27. The number of fused-ring (bicyclic) bond motifs is 1. The number of carbonyl (C=O) groups excluding carboxylic acids is 1. The lowest BCUT2D eigenvalue weighted by molar-refractivity contribution is 0.0923. The number of amides is 1. The van der Waals surface area contributed by atoms with Crippen LogP contribution in [-0.2, 0) is 20.7 Å². The van der Waals surface area contributed by atoms with Crippen LogP contribution in [0.1, 0.15) is 35.7 Å². The second kappa shape index (κ2) is 9.49. The fraction of sp³-hybridized carbons (Fsp3) is 0.300. The molecule has 1 unspecified atom stereocenters. The van der Waals surface area contributed by atoms with E-state index in [2.05, 4.69) is 16.0 Å². The van der Waals surface area contributed by atoms with E-state index in [9.17, 15) is 13.8 Å². The Morgan fingerprint density at radius 2 is 1.87 bits per heavy atom. The minimum atomic E-state index is -3.78. The van der Waals surface area contributed by atoms with Crippen molar-refractivity contribution < 1.29 is 22.8 Å². The molecule has 1 aromatic heterocycles. The third-order valence-corrected chi connectivity index (χ3v) is 6.69. The summed E-state index contributed by atoms with van der Waals surface area (Å²) in [5.41, 5.74) is 6.54. The molecule has 0 radical (unpaired) electrons. The zero-order valence-corrected chi connectivity index (χ0v) is 17.9. The molecule has 0 saturated carbocycles. The zero-order valence-electron chi connectivity index (χ0n) is 17.0. The van der Waals surface area contributed by atoms with Crippen molar-refractivity contribution in [3.8, 4) is 0 Å². The Hall–Kier alpha value is -2.58. The predicted octanol–water partition coefficient (Wildman–Crippen LogP) is 3.91. The Bertz CT molecular complexity index is 1080. The minimum absolute atomic E-state index is 0.115. The summed E-state index contributed by atoms with van der Waals surface area (Å²) in [4.78, 5) is 12.8. The first kappa shape index (κ1) is 22.1. The second-order valence-electron chi connectivity index (χ2n) is 6.42. The number of rotatable bonds is 9. The fourth-order valence-corrected chi connectivity index (χ4v) is 4.98. The Kier molecular flexibility index (Phi) is 6.99. The minimum Gasteiger partial charge on any atom is -0.307 e. The summed E-state index contributed by atoms with van der Waals surface area (Å²) in [6, 6.07) is 12.8. The van der Waals surface area contributed by atoms with Crippen molar-refractivity contribution in [1.29, 1.82) is 0 Å². The van der Waals surface area contributed by atoms with Gasteiger partial charge in [0.25, 0.3) is 5.91 Å². The van der Waals surface area contributed by atoms with Gasteiger partial charge >= 0.3 is 7.60 Å². The molecule has 0 saturated heterocycles. The van der Waals surface area contributed by atoms with Gasteiger partial charge in [-0.3, -0.25) is 19.5 Å². The Labute approximate surface area is 173 Å². The van der Waals surface area contributed by atoms with Crippen LogP contribution >= 0.6 is 7.60 Å². The highest BCUT2D eigenvalue weighted by atomic mass is 31.2.